The predicted octanol–water partition coefficient (Wildman–Crippen LogP) is 2.04. The minimum absolute atomic E-state index is 0.0595. The van der Waals surface area contributed by atoms with E-state index in [0.29, 0.717) is 12.5 Å². The van der Waals surface area contributed by atoms with Gasteiger partial charge in [-0.05, 0) is 43.4 Å². The molecule has 1 aromatic rings. The molecule has 21 heavy (non-hydrogen) atoms. The average Bonchev–Trinajstić information content (AvgIpc) is 3.24. The minimum Gasteiger partial charge on any atom is -0.389 e. The van der Waals surface area contributed by atoms with E-state index in [1.807, 2.05) is 0 Å². The van der Waals surface area contributed by atoms with E-state index in [2.05, 4.69) is 10.6 Å². The lowest BCUT2D eigenvalue weighted by molar-refractivity contribution is 0.0339. The molecule has 1 atom stereocenters. The lowest BCUT2D eigenvalue weighted by Gasteiger charge is -2.13. The number of hydrogen-bond acceptors (Lipinski definition) is 3. The van der Waals surface area contributed by atoms with E-state index in [1.165, 1.54) is 25.0 Å². The van der Waals surface area contributed by atoms with Crippen LogP contribution < -0.4 is 10.6 Å². The Morgan fingerprint density at radius 3 is 2.95 bits per heavy atom. The highest BCUT2D eigenvalue weighted by Gasteiger charge is 2.21. The summed E-state index contributed by atoms with van der Waals surface area (Å²) in [5, 5.41) is 14.5. The van der Waals surface area contributed by atoms with Crippen LogP contribution in [-0.2, 0) is 4.74 Å². The van der Waals surface area contributed by atoms with E-state index in [0.717, 1.165) is 5.56 Å². The van der Waals surface area contributed by atoms with Gasteiger partial charge in [-0.3, -0.25) is 0 Å². The quantitative estimate of drug-likeness (QED) is 0.721. The van der Waals surface area contributed by atoms with E-state index in [9.17, 15) is 14.3 Å². The van der Waals surface area contributed by atoms with Crippen LogP contribution in [0.5, 0.6) is 0 Å². The van der Waals surface area contributed by atoms with Crippen LogP contribution in [0.1, 0.15) is 18.4 Å². The van der Waals surface area contributed by atoms with Crippen molar-refractivity contribution in [3.63, 3.8) is 0 Å². The molecule has 0 radical (unpaired) electrons. The Morgan fingerprint density at radius 1 is 1.52 bits per heavy atom. The largest absolute Gasteiger partial charge is 0.389 e. The Bertz CT molecular complexity index is 492. The summed E-state index contributed by atoms with van der Waals surface area (Å²) >= 11 is 0. The summed E-state index contributed by atoms with van der Waals surface area (Å²) in [5.74, 6) is 0.149. The lowest BCUT2D eigenvalue weighted by Crippen LogP contribution is -2.37. The third-order valence-corrected chi connectivity index (χ3v) is 3.23. The highest BCUT2D eigenvalue weighted by atomic mass is 19.1. The Hall–Kier alpha value is -1.66. The normalized spacial score (nSPS) is 15.6. The van der Waals surface area contributed by atoms with Gasteiger partial charge in [-0.1, -0.05) is 6.07 Å². The van der Waals surface area contributed by atoms with Crippen LogP contribution in [0, 0.1) is 18.7 Å². The molecular weight excluding hydrogens is 275 g/mol. The van der Waals surface area contributed by atoms with Gasteiger partial charge >= 0.3 is 6.03 Å². The first-order chi connectivity index (χ1) is 10.0. The number of aryl methyl sites for hydroxylation is 1. The van der Waals surface area contributed by atoms with Crippen molar-refractivity contribution in [2.24, 2.45) is 5.92 Å². The number of carbonyl (C=O) groups excluding carboxylic acids is 1. The monoisotopic (exact) mass is 296 g/mol. The molecule has 3 N–H and O–H groups in total. The molecule has 6 heteroatoms. The smallest absolute Gasteiger partial charge is 0.319 e. The van der Waals surface area contributed by atoms with Crippen LogP contribution in [-0.4, -0.2) is 37.0 Å². The fourth-order valence-corrected chi connectivity index (χ4v) is 1.81. The van der Waals surface area contributed by atoms with Gasteiger partial charge in [-0.2, -0.15) is 0 Å². The molecule has 1 saturated carbocycles. The zero-order chi connectivity index (χ0) is 15.2. The van der Waals surface area contributed by atoms with Crippen molar-refractivity contribution in [3.05, 3.63) is 29.6 Å². The Morgan fingerprint density at radius 2 is 2.29 bits per heavy atom. The van der Waals surface area contributed by atoms with Crippen molar-refractivity contribution in [1.29, 1.82) is 0 Å². The number of ether oxygens (including phenoxy) is 1. The first-order valence-electron chi connectivity index (χ1n) is 7.11. The minimum atomic E-state index is -0.766. The number of anilines is 1. The van der Waals surface area contributed by atoms with Crippen molar-refractivity contribution in [2.75, 3.05) is 25.1 Å². The average molecular weight is 296 g/mol. The van der Waals surface area contributed by atoms with Crippen LogP contribution in [0.15, 0.2) is 18.2 Å². The molecule has 1 aliphatic rings. The molecule has 0 heterocycles. The molecule has 1 fully saturated rings. The van der Waals surface area contributed by atoms with Crippen molar-refractivity contribution in [2.45, 2.75) is 25.9 Å². The molecular formula is C15H21FN2O3. The number of rotatable bonds is 7. The number of halogens is 1. The number of nitrogens with one attached hydrogen (secondary N) is 2. The molecule has 1 aromatic carbocycles. The lowest BCUT2D eigenvalue weighted by atomic mass is 10.2. The van der Waals surface area contributed by atoms with Gasteiger partial charge in [-0.15, -0.1) is 0 Å². The first kappa shape index (κ1) is 15.7. The second-order valence-electron chi connectivity index (χ2n) is 5.45. The highest BCUT2D eigenvalue weighted by molar-refractivity contribution is 5.89. The SMILES string of the molecule is Cc1ccc(NC(=O)NCC(O)COCC2CC2)c(F)c1. The number of carbonyl (C=O) groups is 1. The number of urea groups is 1. The molecule has 1 aliphatic carbocycles. The molecule has 2 amide bonds. The van der Waals surface area contributed by atoms with E-state index in [4.69, 9.17) is 4.74 Å². The first-order valence-corrected chi connectivity index (χ1v) is 7.11. The van der Waals surface area contributed by atoms with Gasteiger partial charge in [0.05, 0.1) is 18.4 Å². The third kappa shape index (κ3) is 5.69. The number of aliphatic hydroxyl groups is 1. The van der Waals surface area contributed by atoms with Crippen LogP contribution in [0.3, 0.4) is 0 Å². The van der Waals surface area contributed by atoms with Gasteiger partial charge in [0.2, 0.25) is 0 Å². The summed E-state index contributed by atoms with van der Waals surface area (Å²) in [5.41, 5.74) is 0.888. The van der Waals surface area contributed by atoms with Crippen molar-refractivity contribution in [3.8, 4) is 0 Å². The van der Waals surface area contributed by atoms with Gasteiger partial charge in [-0.25, -0.2) is 9.18 Å². The zero-order valence-electron chi connectivity index (χ0n) is 12.1. The number of benzene rings is 1. The standard InChI is InChI=1S/C15H21FN2O3/c1-10-2-5-14(13(16)6-10)18-15(20)17-7-12(19)9-21-8-11-3-4-11/h2,5-6,11-12,19H,3-4,7-9H2,1H3,(H2,17,18,20). The molecule has 2 rings (SSSR count). The van der Waals surface area contributed by atoms with E-state index < -0.39 is 18.0 Å². The maximum absolute atomic E-state index is 13.5. The summed E-state index contributed by atoms with van der Waals surface area (Å²) in [6.45, 7) is 2.68. The van der Waals surface area contributed by atoms with Crippen molar-refractivity contribution in [1.82, 2.24) is 5.32 Å². The van der Waals surface area contributed by atoms with Gasteiger partial charge in [0, 0.05) is 13.2 Å². The van der Waals surface area contributed by atoms with Gasteiger partial charge in [0.25, 0.3) is 0 Å². The fourth-order valence-electron chi connectivity index (χ4n) is 1.81. The van der Waals surface area contributed by atoms with Crippen molar-refractivity contribution < 1.29 is 19.0 Å². The van der Waals surface area contributed by atoms with Crippen LogP contribution in [0.2, 0.25) is 0 Å². The van der Waals surface area contributed by atoms with E-state index in [1.54, 1.807) is 13.0 Å². The Labute approximate surface area is 123 Å². The molecule has 0 aromatic heterocycles. The molecule has 5 nitrogen and oxygen atoms in total. The molecule has 0 saturated heterocycles. The topological polar surface area (TPSA) is 70.6 Å². The molecule has 116 valence electrons. The summed E-state index contributed by atoms with van der Waals surface area (Å²) in [4.78, 5) is 11.6. The van der Waals surface area contributed by atoms with Crippen LogP contribution in [0.25, 0.3) is 0 Å². The maximum atomic E-state index is 13.5. The summed E-state index contributed by atoms with van der Waals surface area (Å²) in [7, 11) is 0. The molecule has 1 unspecified atom stereocenters. The number of hydrogen-bond donors (Lipinski definition) is 3. The van der Waals surface area contributed by atoms with Gasteiger partial charge in [0.1, 0.15) is 5.82 Å². The van der Waals surface area contributed by atoms with Gasteiger partial charge in [0.15, 0.2) is 0 Å². The van der Waals surface area contributed by atoms with Crippen LogP contribution in [0.4, 0.5) is 14.9 Å². The zero-order valence-corrected chi connectivity index (χ0v) is 12.1. The molecule has 0 bridgehead atoms. The molecule has 0 spiro atoms. The predicted molar refractivity (Wildman–Crippen MR) is 77.7 cm³/mol. The van der Waals surface area contributed by atoms with E-state index >= 15 is 0 Å². The summed E-state index contributed by atoms with van der Waals surface area (Å²) in [6.07, 6.45) is 1.62. The van der Waals surface area contributed by atoms with Gasteiger partial charge < -0.3 is 20.5 Å². The van der Waals surface area contributed by atoms with Crippen molar-refractivity contribution >= 4 is 11.7 Å². The summed E-state index contributed by atoms with van der Waals surface area (Å²) in [6, 6.07) is 3.99. The second-order valence-corrected chi connectivity index (χ2v) is 5.45. The number of aliphatic hydroxyl groups excluding tert-OH is 1. The Kier molecular flexibility index (Phi) is 5.52. The number of amides is 2. The summed E-state index contributed by atoms with van der Waals surface area (Å²) < 4.78 is 18.9. The fraction of sp³-hybridized carbons (Fsp3) is 0.533. The third-order valence-electron chi connectivity index (χ3n) is 3.23. The second kappa shape index (κ2) is 7.38. The van der Waals surface area contributed by atoms with Crippen LogP contribution >= 0.6 is 0 Å². The molecule has 0 aliphatic heterocycles. The van der Waals surface area contributed by atoms with E-state index in [-0.39, 0.29) is 18.8 Å². The highest BCUT2D eigenvalue weighted by Crippen LogP contribution is 2.28. The maximum Gasteiger partial charge on any atom is 0.319 e. The Balaban J connectivity index is 1.66.